The summed E-state index contributed by atoms with van der Waals surface area (Å²) in [6.07, 6.45) is 0. The summed E-state index contributed by atoms with van der Waals surface area (Å²) in [5, 5.41) is 0. The van der Waals surface area contributed by atoms with E-state index in [0.717, 1.165) is 28.2 Å². The number of benzene rings is 3. The molecule has 0 radical (unpaired) electrons. The van der Waals surface area contributed by atoms with E-state index in [1.165, 1.54) is 5.56 Å². The zero-order valence-electron chi connectivity index (χ0n) is 16.2. The second-order valence-corrected chi connectivity index (χ2v) is 6.43. The molecule has 0 amide bonds. The van der Waals surface area contributed by atoms with Crippen LogP contribution in [-0.4, -0.2) is 30.9 Å². The Kier molecular flexibility index (Phi) is 4.89. The molecule has 4 rings (SSSR count). The molecule has 3 aromatic carbocycles. The standard InChI is InChI=1S/C23H22N2O3/c1-26-18-11-8-16(9-12-18)15-25-20-7-5-4-6-19(20)24-23(25)17-10-13-21(27-2)22(14-17)28-3/h4-14H,15H2,1-3H3. The van der Waals surface area contributed by atoms with E-state index >= 15 is 0 Å². The molecule has 1 heterocycles. The van der Waals surface area contributed by atoms with Crippen molar-refractivity contribution in [2.75, 3.05) is 21.3 Å². The highest BCUT2D eigenvalue weighted by Gasteiger charge is 2.15. The largest absolute Gasteiger partial charge is 0.497 e. The van der Waals surface area contributed by atoms with E-state index in [1.54, 1.807) is 21.3 Å². The molecule has 0 bridgehead atoms. The molecule has 0 atom stereocenters. The number of hydrogen-bond acceptors (Lipinski definition) is 4. The van der Waals surface area contributed by atoms with Crippen LogP contribution in [-0.2, 0) is 6.54 Å². The van der Waals surface area contributed by atoms with Crippen molar-refractivity contribution >= 4 is 11.0 Å². The maximum absolute atomic E-state index is 5.48. The highest BCUT2D eigenvalue weighted by molar-refractivity contribution is 5.81. The summed E-state index contributed by atoms with van der Waals surface area (Å²) in [6, 6.07) is 22.1. The summed E-state index contributed by atoms with van der Waals surface area (Å²) < 4.78 is 18.3. The predicted molar refractivity (Wildman–Crippen MR) is 110 cm³/mol. The molecule has 0 aliphatic rings. The number of nitrogens with zero attached hydrogens (tertiary/aromatic N) is 2. The fraction of sp³-hybridized carbons (Fsp3) is 0.174. The SMILES string of the molecule is COc1ccc(Cn2c(-c3ccc(OC)c(OC)c3)nc3ccccc32)cc1. The highest BCUT2D eigenvalue weighted by atomic mass is 16.5. The Hall–Kier alpha value is -3.47. The van der Waals surface area contributed by atoms with Crippen LogP contribution < -0.4 is 14.2 Å². The van der Waals surface area contributed by atoms with Crippen LogP contribution in [0.1, 0.15) is 5.56 Å². The molecule has 0 aliphatic carbocycles. The van der Waals surface area contributed by atoms with Crippen LogP contribution in [0.3, 0.4) is 0 Å². The van der Waals surface area contributed by atoms with Crippen molar-refractivity contribution < 1.29 is 14.2 Å². The van der Waals surface area contributed by atoms with Gasteiger partial charge in [0.2, 0.25) is 0 Å². The highest BCUT2D eigenvalue weighted by Crippen LogP contribution is 2.33. The van der Waals surface area contributed by atoms with Gasteiger partial charge in [0, 0.05) is 12.1 Å². The van der Waals surface area contributed by atoms with Crippen LogP contribution in [0.2, 0.25) is 0 Å². The molecular weight excluding hydrogens is 352 g/mol. The predicted octanol–water partition coefficient (Wildman–Crippen LogP) is 4.78. The van der Waals surface area contributed by atoms with Gasteiger partial charge in [0.05, 0.1) is 32.4 Å². The molecule has 0 unspecified atom stereocenters. The topological polar surface area (TPSA) is 45.5 Å². The third kappa shape index (κ3) is 3.27. The lowest BCUT2D eigenvalue weighted by molar-refractivity contribution is 0.355. The van der Waals surface area contributed by atoms with Gasteiger partial charge in [-0.3, -0.25) is 0 Å². The third-order valence-electron chi connectivity index (χ3n) is 4.80. The van der Waals surface area contributed by atoms with Crippen molar-refractivity contribution in [1.29, 1.82) is 0 Å². The summed E-state index contributed by atoms with van der Waals surface area (Å²) in [6.45, 7) is 0.703. The smallest absolute Gasteiger partial charge is 0.161 e. The van der Waals surface area contributed by atoms with Crippen molar-refractivity contribution in [3.63, 3.8) is 0 Å². The van der Waals surface area contributed by atoms with E-state index in [9.17, 15) is 0 Å². The van der Waals surface area contributed by atoms with E-state index in [2.05, 4.69) is 22.8 Å². The molecule has 5 heteroatoms. The Labute approximate surface area is 164 Å². The Bertz CT molecular complexity index is 1100. The monoisotopic (exact) mass is 374 g/mol. The summed E-state index contributed by atoms with van der Waals surface area (Å²) in [4.78, 5) is 4.89. The van der Waals surface area contributed by atoms with Gasteiger partial charge in [0.15, 0.2) is 11.5 Å². The summed E-state index contributed by atoms with van der Waals surface area (Å²) in [7, 11) is 4.95. The van der Waals surface area contributed by atoms with E-state index in [1.807, 2.05) is 48.5 Å². The van der Waals surface area contributed by atoms with Crippen molar-refractivity contribution in [3.05, 3.63) is 72.3 Å². The van der Waals surface area contributed by atoms with Gasteiger partial charge in [-0.05, 0) is 48.0 Å². The fourth-order valence-corrected chi connectivity index (χ4v) is 3.34. The normalized spacial score (nSPS) is 10.8. The molecule has 1 aromatic heterocycles. The molecule has 4 aromatic rings. The number of fused-ring (bicyclic) bond motifs is 1. The summed E-state index contributed by atoms with van der Waals surface area (Å²) >= 11 is 0. The Morgan fingerprint density at radius 2 is 1.54 bits per heavy atom. The first-order valence-electron chi connectivity index (χ1n) is 9.04. The third-order valence-corrected chi connectivity index (χ3v) is 4.80. The van der Waals surface area contributed by atoms with Gasteiger partial charge in [-0.1, -0.05) is 24.3 Å². The van der Waals surface area contributed by atoms with Crippen LogP contribution >= 0.6 is 0 Å². The Morgan fingerprint density at radius 3 is 2.25 bits per heavy atom. The maximum atomic E-state index is 5.48. The molecule has 142 valence electrons. The molecule has 28 heavy (non-hydrogen) atoms. The number of para-hydroxylation sites is 2. The average Bonchev–Trinajstić information content (AvgIpc) is 3.12. The summed E-state index contributed by atoms with van der Waals surface area (Å²) in [5.41, 5.74) is 4.19. The number of aromatic nitrogens is 2. The number of methoxy groups -OCH3 is 3. The van der Waals surface area contributed by atoms with Crippen LogP contribution in [0.4, 0.5) is 0 Å². The fourth-order valence-electron chi connectivity index (χ4n) is 3.34. The van der Waals surface area contributed by atoms with Crippen LogP contribution in [0.15, 0.2) is 66.7 Å². The molecule has 0 aliphatic heterocycles. The van der Waals surface area contributed by atoms with Gasteiger partial charge in [-0.2, -0.15) is 0 Å². The Balaban J connectivity index is 1.83. The van der Waals surface area contributed by atoms with Crippen molar-refractivity contribution in [2.45, 2.75) is 6.54 Å². The second-order valence-electron chi connectivity index (χ2n) is 6.43. The molecule has 0 saturated carbocycles. The first-order valence-corrected chi connectivity index (χ1v) is 9.04. The zero-order valence-corrected chi connectivity index (χ0v) is 16.2. The second kappa shape index (κ2) is 7.64. The molecule has 0 fully saturated rings. The van der Waals surface area contributed by atoms with Gasteiger partial charge in [-0.25, -0.2) is 4.98 Å². The number of hydrogen-bond donors (Lipinski definition) is 0. The van der Waals surface area contributed by atoms with E-state index < -0.39 is 0 Å². The molecule has 0 saturated heterocycles. The first kappa shape index (κ1) is 17.9. The van der Waals surface area contributed by atoms with E-state index in [0.29, 0.717) is 18.0 Å². The molecular formula is C23H22N2O3. The number of rotatable bonds is 6. The van der Waals surface area contributed by atoms with Crippen molar-refractivity contribution in [1.82, 2.24) is 9.55 Å². The van der Waals surface area contributed by atoms with Crippen LogP contribution in [0.5, 0.6) is 17.2 Å². The van der Waals surface area contributed by atoms with Gasteiger partial charge in [0.1, 0.15) is 11.6 Å². The van der Waals surface area contributed by atoms with Crippen LogP contribution in [0.25, 0.3) is 22.4 Å². The molecule has 0 spiro atoms. The quantitative estimate of drug-likeness (QED) is 0.487. The zero-order chi connectivity index (χ0) is 19.5. The van der Waals surface area contributed by atoms with Crippen molar-refractivity contribution in [3.8, 4) is 28.6 Å². The summed E-state index contributed by atoms with van der Waals surface area (Å²) in [5.74, 6) is 3.12. The molecule has 0 N–H and O–H groups in total. The average molecular weight is 374 g/mol. The Morgan fingerprint density at radius 1 is 0.786 bits per heavy atom. The first-order chi connectivity index (χ1) is 13.7. The van der Waals surface area contributed by atoms with Gasteiger partial charge < -0.3 is 18.8 Å². The van der Waals surface area contributed by atoms with E-state index in [4.69, 9.17) is 19.2 Å². The van der Waals surface area contributed by atoms with Gasteiger partial charge in [0.25, 0.3) is 0 Å². The van der Waals surface area contributed by atoms with Gasteiger partial charge >= 0.3 is 0 Å². The lowest BCUT2D eigenvalue weighted by atomic mass is 10.1. The minimum atomic E-state index is 0.683. The lowest BCUT2D eigenvalue weighted by Gasteiger charge is -2.12. The molecule has 5 nitrogen and oxygen atoms in total. The minimum absolute atomic E-state index is 0.683. The maximum Gasteiger partial charge on any atom is 0.161 e. The van der Waals surface area contributed by atoms with E-state index in [-0.39, 0.29) is 0 Å². The van der Waals surface area contributed by atoms with Crippen molar-refractivity contribution in [2.24, 2.45) is 0 Å². The number of imidazole rings is 1. The lowest BCUT2D eigenvalue weighted by Crippen LogP contribution is -2.02. The number of ether oxygens (including phenoxy) is 3. The van der Waals surface area contributed by atoms with Gasteiger partial charge in [-0.15, -0.1) is 0 Å². The van der Waals surface area contributed by atoms with Crippen LogP contribution in [0, 0.1) is 0 Å². The minimum Gasteiger partial charge on any atom is -0.497 e.